The molecule has 6 rings (SSSR count). The zero-order chi connectivity index (χ0) is 27.4. The highest BCUT2D eigenvalue weighted by atomic mass is 19.3. The summed E-state index contributed by atoms with van der Waals surface area (Å²) in [4.78, 5) is 40.1. The number of hydrogen-bond donors (Lipinski definition) is 0. The smallest absolute Gasteiger partial charge is 0.410 e. The van der Waals surface area contributed by atoms with Crippen molar-refractivity contribution in [1.82, 2.24) is 4.90 Å². The molecule has 1 amide bonds. The fraction of sp³-hybridized carbons (Fsp3) is 0.300. The van der Waals surface area contributed by atoms with Gasteiger partial charge in [0.2, 0.25) is 0 Å². The number of esters is 1. The van der Waals surface area contributed by atoms with Crippen LogP contribution in [-0.2, 0) is 26.8 Å². The Labute approximate surface area is 225 Å². The number of carbonyl (C=O) groups excluding carboxylic acids is 3. The average molecular weight is 527 g/mol. The third-order valence-corrected chi connectivity index (χ3v) is 7.87. The van der Waals surface area contributed by atoms with Crippen LogP contribution in [0.2, 0.25) is 0 Å². The van der Waals surface area contributed by atoms with Crippen LogP contribution >= 0.6 is 0 Å². The average Bonchev–Trinajstić information content (AvgIpc) is 3.53. The summed E-state index contributed by atoms with van der Waals surface area (Å²) in [6.07, 6.45) is 1.62. The highest BCUT2D eigenvalue weighted by molar-refractivity contribution is 6.32. The fourth-order valence-corrected chi connectivity index (χ4v) is 5.53. The number of Topliss-reactive ketones (excluding diaryl/α,β-unsaturated/α-hetero) is 1. The molecule has 0 N–H and O–H groups in total. The number of hydrogen-bond acceptors (Lipinski definition) is 5. The molecular weight excluding hydrogens is 503 g/mol. The molecule has 1 saturated carbocycles. The number of rotatable bonds is 6. The van der Waals surface area contributed by atoms with Crippen LogP contribution in [0, 0.1) is 5.41 Å². The minimum atomic E-state index is -3.31. The van der Waals surface area contributed by atoms with Crippen molar-refractivity contribution >= 4 is 31.2 Å². The van der Waals surface area contributed by atoms with Crippen molar-refractivity contribution in [2.24, 2.45) is 5.41 Å². The van der Waals surface area contributed by atoms with E-state index in [0.29, 0.717) is 24.1 Å². The molecule has 2 radical (unpaired) electrons. The maximum absolute atomic E-state index is 15.1. The van der Waals surface area contributed by atoms with Gasteiger partial charge in [0.25, 0.3) is 5.92 Å². The monoisotopic (exact) mass is 527 g/mol. The first-order valence-corrected chi connectivity index (χ1v) is 12.8. The molecule has 39 heavy (non-hydrogen) atoms. The van der Waals surface area contributed by atoms with E-state index in [1.54, 1.807) is 12.1 Å². The predicted molar refractivity (Wildman–Crippen MR) is 139 cm³/mol. The molecule has 0 bridgehead atoms. The summed E-state index contributed by atoms with van der Waals surface area (Å²) in [5.41, 5.74) is 1.12. The molecule has 1 spiro atoms. The largest absolute Gasteiger partial charge is 0.456 e. The van der Waals surface area contributed by atoms with Crippen LogP contribution in [0.15, 0.2) is 66.7 Å². The van der Waals surface area contributed by atoms with Crippen molar-refractivity contribution in [3.63, 3.8) is 0 Å². The zero-order valence-corrected chi connectivity index (χ0v) is 21.0. The van der Waals surface area contributed by atoms with E-state index >= 15 is 8.78 Å². The number of fused-ring (bicyclic) bond motifs is 3. The van der Waals surface area contributed by atoms with Gasteiger partial charge in [-0.05, 0) is 47.4 Å². The Morgan fingerprint density at radius 1 is 0.923 bits per heavy atom. The molecule has 3 aromatic rings. The van der Waals surface area contributed by atoms with Gasteiger partial charge >= 0.3 is 12.1 Å². The summed E-state index contributed by atoms with van der Waals surface area (Å²) in [6.45, 7) is -0.165. The molecule has 3 aliphatic rings. The molecule has 1 saturated heterocycles. The van der Waals surface area contributed by atoms with Crippen LogP contribution in [0.1, 0.15) is 46.3 Å². The van der Waals surface area contributed by atoms with Gasteiger partial charge in [0.05, 0.1) is 0 Å². The minimum Gasteiger partial charge on any atom is -0.456 e. The summed E-state index contributed by atoms with van der Waals surface area (Å²) in [6, 6.07) is 16.7. The van der Waals surface area contributed by atoms with Crippen molar-refractivity contribution in [2.45, 2.75) is 37.8 Å². The lowest BCUT2D eigenvalue weighted by Gasteiger charge is -2.22. The van der Waals surface area contributed by atoms with Crippen LogP contribution in [0.4, 0.5) is 13.6 Å². The van der Waals surface area contributed by atoms with Crippen LogP contribution in [0.25, 0.3) is 11.1 Å². The Bertz CT molecular complexity index is 1490. The Balaban J connectivity index is 1.12. The number of benzene rings is 3. The molecule has 0 unspecified atom stereocenters. The number of halogens is 2. The van der Waals surface area contributed by atoms with Crippen molar-refractivity contribution < 1.29 is 32.6 Å². The van der Waals surface area contributed by atoms with Gasteiger partial charge in [0.1, 0.15) is 20.5 Å². The van der Waals surface area contributed by atoms with Gasteiger partial charge in [-0.15, -0.1) is 0 Å². The van der Waals surface area contributed by atoms with Crippen molar-refractivity contribution in [3.8, 4) is 11.1 Å². The second-order valence-electron chi connectivity index (χ2n) is 10.6. The Morgan fingerprint density at radius 2 is 1.62 bits per heavy atom. The SMILES string of the molecule is [B]c1ccc2c(c1)C(F)(F)c1cc(C(=O)COC(=O)[C@@H]3CC4(CC4)CN3C(=O)OCc3ccccc3)ccc1-2. The standard InChI is InChI=1S/C30H24BF2NO5/c31-20-7-9-22-21-8-6-19(12-23(21)30(32,33)24(22)13-20)26(35)16-38-27(36)25-14-29(10-11-29)17-34(25)28(37)39-15-18-4-2-1-3-5-18/h1-9,12-13,25H,10-11,14-17H2/t25-/m0/s1. The lowest BCUT2D eigenvalue weighted by atomic mass is 9.91. The van der Waals surface area contributed by atoms with Gasteiger partial charge in [-0.25, -0.2) is 9.59 Å². The Kier molecular flexibility index (Phi) is 6.05. The molecule has 0 aromatic heterocycles. The first-order chi connectivity index (χ1) is 18.7. The summed E-state index contributed by atoms with van der Waals surface area (Å²) in [7, 11) is 5.71. The molecular formula is C30H24BF2NO5. The van der Waals surface area contributed by atoms with Crippen LogP contribution in [-0.4, -0.2) is 49.8 Å². The van der Waals surface area contributed by atoms with E-state index < -0.39 is 36.4 Å². The van der Waals surface area contributed by atoms with Crippen LogP contribution in [0.3, 0.4) is 0 Å². The van der Waals surface area contributed by atoms with Gasteiger partial charge in [-0.2, -0.15) is 8.78 Å². The van der Waals surface area contributed by atoms with Crippen molar-refractivity contribution in [1.29, 1.82) is 0 Å². The van der Waals surface area contributed by atoms with Crippen LogP contribution in [0.5, 0.6) is 0 Å². The fourth-order valence-electron chi connectivity index (χ4n) is 5.53. The number of carbonyl (C=O) groups is 3. The summed E-state index contributed by atoms with van der Waals surface area (Å²) >= 11 is 0. The minimum absolute atomic E-state index is 0.00575. The van der Waals surface area contributed by atoms with E-state index in [1.165, 1.54) is 23.1 Å². The van der Waals surface area contributed by atoms with Gasteiger partial charge in [-0.1, -0.05) is 66.1 Å². The maximum atomic E-state index is 15.1. The lowest BCUT2D eigenvalue weighted by molar-refractivity contribution is -0.147. The third-order valence-electron chi connectivity index (χ3n) is 7.87. The topological polar surface area (TPSA) is 72.9 Å². The van der Waals surface area contributed by atoms with Gasteiger partial charge < -0.3 is 9.47 Å². The highest BCUT2D eigenvalue weighted by Gasteiger charge is 2.56. The maximum Gasteiger partial charge on any atom is 0.410 e. The number of nitrogens with zero attached hydrogens (tertiary/aromatic N) is 1. The van der Waals surface area contributed by atoms with E-state index in [-0.39, 0.29) is 34.2 Å². The molecule has 1 atom stereocenters. The normalized spacial score (nSPS) is 19.3. The lowest BCUT2D eigenvalue weighted by Crippen LogP contribution is -2.42. The number of amides is 1. The van der Waals surface area contributed by atoms with Gasteiger partial charge in [-0.3, -0.25) is 9.69 Å². The van der Waals surface area contributed by atoms with E-state index in [9.17, 15) is 14.4 Å². The molecule has 2 fully saturated rings. The highest BCUT2D eigenvalue weighted by Crippen LogP contribution is 2.55. The molecule has 1 aliphatic heterocycles. The second kappa shape index (κ2) is 9.33. The van der Waals surface area contributed by atoms with E-state index in [1.807, 2.05) is 30.3 Å². The van der Waals surface area contributed by atoms with Crippen molar-refractivity contribution in [2.75, 3.05) is 13.2 Å². The molecule has 3 aromatic carbocycles. The zero-order valence-electron chi connectivity index (χ0n) is 21.0. The van der Waals surface area contributed by atoms with E-state index in [2.05, 4.69) is 0 Å². The van der Waals surface area contributed by atoms with Crippen LogP contribution < -0.4 is 5.46 Å². The number of ketones is 1. The number of ether oxygens (including phenoxy) is 2. The molecule has 196 valence electrons. The van der Waals surface area contributed by atoms with Gasteiger partial charge in [0, 0.05) is 23.2 Å². The summed E-state index contributed by atoms with van der Waals surface area (Å²) in [5.74, 6) is -4.64. The molecule has 6 nitrogen and oxygen atoms in total. The van der Waals surface area contributed by atoms with E-state index in [4.69, 9.17) is 17.3 Å². The number of alkyl halides is 2. The second-order valence-corrected chi connectivity index (χ2v) is 10.6. The first-order valence-electron chi connectivity index (χ1n) is 12.8. The summed E-state index contributed by atoms with van der Waals surface area (Å²) < 4.78 is 41.0. The Morgan fingerprint density at radius 3 is 2.33 bits per heavy atom. The third kappa shape index (κ3) is 4.60. The molecule has 2 aliphatic carbocycles. The molecule has 9 heteroatoms. The Hall–Kier alpha value is -4.01. The summed E-state index contributed by atoms with van der Waals surface area (Å²) in [5, 5.41) is 0. The van der Waals surface area contributed by atoms with Gasteiger partial charge in [0.15, 0.2) is 12.4 Å². The van der Waals surface area contributed by atoms with Crippen molar-refractivity contribution in [3.05, 3.63) is 89.0 Å². The first kappa shape index (κ1) is 25.3. The predicted octanol–water partition coefficient (Wildman–Crippen LogP) is 4.52. The van der Waals surface area contributed by atoms with E-state index in [0.717, 1.165) is 24.5 Å². The number of likely N-dealkylation sites (tertiary alicyclic amines) is 1. The molecule has 1 heterocycles. The quantitative estimate of drug-likeness (QED) is 0.268.